The number of hydrogen-bond acceptors (Lipinski definition) is 6. The average Bonchev–Trinajstić information content (AvgIpc) is 2.70. The Bertz CT molecular complexity index is 851. The van der Waals surface area contributed by atoms with Crippen LogP contribution in [0.4, 0.5) is 8.78 Å². The number of benzene rings is 2. The molecule has 150 valence electrons. The molecule has 0 aliphatic heterocycles. The number of ketones is 1. The molecule has 28 heavy (non-hydrogen) atoms. The monoisotopic (exact) mass is 394 g/mol. The Balaban J connectivity index is 2.37. The van der Waals surface area contributed by atoms with Gasteiger partial charge in [0.2, 0.25) is 0 Å². The largest absolute Gasteiger partial charge is 0.496 e. The summed E-state index contributed by atoms with van der Waals surface area (Å²) < 4.78 is 52.2. The highest BCUT2D eigenvalue weighted by atomic mass is 19.2. The number of carbonyl (C=O) groups excluding carboxylic acids is 1. The summed E-state index contributed by atoms with van der Waals surface area (Å²) in [5.41, 5.74) is 0.453. The second-order valence-electron chi connectivity index (χ2n) is 5.47. The van der Waals surface area contributed by atoms with E-state index < -0.39 is 17.4 Å². The highest BCUT2D eigenvalue weighted by Crippen LogP contribution is 2.35. The zero-order valence-electron chi connectivity index (χ0n) is 15.7. The average molecular weight is 394 g/mol. The molecule has 8 heteroatoms. The van der Waals surface area contributed by atoms with Crippen LogP contribution < -0.4 is 14.2 Å². The van der Waals surface area contributed by atoms with Crippen LogP contribution in [-0.2, 0) is 9.47 Å². The minimum absolute atomic E-state index is 0.00377. The molecule has 0 amide bonds. The molecule has 6 nitrogen and oxygen atoms in total. The van der Waals surface area contributed by atoms with Crippen LogP contribution in [0.25, 0.3) is 6.08 Å². The SMILES string of the molecule is COCOc1cc(OC)c(C(=O)/C=C/c2ccc(F)c(F)c2)c(OCOC)c1. The lowest BCUT2D eigenvalue weighted by molar-refractivity contribution is 0.0453. The number of allylic oxidation sites excluding steroid dienone is 1. The van der Waals surface area contributed by atoms with Gasteiger partial charge in [0.05, 0.1) is 7.11 Å². The third-order valence-corrected chi connectivity index (χ3v) is 3.55. The van der Waals surface area contributed by atoms with E-state index in [9.17, 15) is 13.6 Å². The summed E-state index contributed by atoms with van der Waals surface area (Å²) >= 11 is 0. The van der Waals surface area contributed by atoms with Crippen LogP contribution in [0.5, 0.6) is 17.2 Å². The highest BCUT2D eigenvalue weighted by molar-refractivity contribution is 6.10. The molecule has 0 spiro atoms. The maximum atomic E-state index is 13.3. The quantitative estimate of drug-likeness (QED) is 0.347. The van der Waals surface area contributed by atoms with Gasteiger partial charge in [-0.1, -0.05) is 12.1 Å². The van der Waals surface area contributed by atoms with Crippen LogP contribution in [-0.4, -0.2) is 40.7 Å². The Labute approximate surface area is 161 Å². The van der Waals surface area contributed by atoms with Crippen molar-refractivity contribution in [1.82, 2.24) is 0 Å². The molecule has 0 aromatic heterocycles. The Morgan fingerprint density at radius 3 is 2.25 bits per heavy atom. The maximum absolute atomic E-state index is 13.3. The van der Waals surface area contributed by atoms with Crippen molar-refractivity contribution in [3.63, 3.8) is 0 Å². The van der Waals surface area contributed by atoms with E-state index in [-0.39, 0.29) is 30.6 Å². The first-order chi connectivity index (χ1) is 13.5. The van der Waals surface area contributed by atoms with Crippen LogP contribution >= 0.6 is 0 Å². The molecular weight excluding hydrogens is 374 g/mol. The van der Waals surface area contributed by atoms with Gasteiger partial charge >= 0.3 is 0 Å². The highest BCUT2D eigenvalue weighted by Gasteiger charge is 2.19. The first-order valence-electron chi connectivity index (χ1n) is 8.13. The van der Waals surface area contributed by atoms with E-state index in [1.807, 2.05) is 0 Å². The molecule has 0 bridgehead atoms. The van der Waals surface area contributed by atoms with Crippen molar-refractivity contribution < 1.29 is 37.3 Å². The number of carbonyl (C=O) groups is 1. The minimum Gasteiger partial charge on any atom is -0.496 e. The number of rotatable bonds is 10. The molecular formula is C20H20F2O6. The molecule has 0 radical (unpaired) electrons. The molecule has 2 aromatic carbocycles. The second-order valence-corrected chi connectivity index (χ2v) is 5.47. The molecule has 0 N–H and O–H groups in total. The van der Waals surface area contributed by atoms with Gasteiger partial charge in [-0.15, -0.1) is 0 Å². The van der Waals surface area contributed by atoms with Gasteiger partial charge in [0.15, 0.2) is 31.0 Å². The fourth-order valence-corrected chi connectivity index (χ4v) is 2.29. The standard InChI is InChI=1S/C20H20F2O6/c1-24-11-27-14-9-18(26-3)20(19(10-14)28-12-25-2)17(23)7-5-13-4-6-15(21)16(22)8-13/h4-10H,11-12H2,1-3H3/b7-5+. The first-order valence-corrected chi connectivity index (χ1v) is 8.13. The van der Waals surface area contributed by atoms with Gasteiger partial charge in [-0.25, -0.2) is 8.78 Å². The summed E-state index contributed by atoms with van der Waals surface area (Å²) in [4.78, 5) is 12.7. The molecule has 0 fully saturated rings. The number of ether oxygens (including phenoxy) is 5. The van der Waals surface area contributed by atoms with Gasteiger partial charge < -0.3 is 23.7 Å². The van der Waals surface area contributed by atoms with E-state index in [1.165, 1.54) is 51.7 Å². The lowest BCUT2D eigenvalue weighted by Crippen LogP contribution is -2.08. The molecule has 0 saturated heterocycles. The Hall–Kier alpha value is -2.97. The van der Waals surface area contributed by atoms with Gasteiger partial charge in [-0.2, -0.15) is 0 Å². The lowest BCUT2D eigenvalue weighted by atomic mass is 10.1. The number of hydrogen-bond donors (Lipinski definition) is 0. The fraction of sp³-hybridized carbons (Fsp3) is 0.250. The minimum atomic E-state index is -1.00. The maximum Gasteiger partial charge on any atom is 0.193 e. The van der Waals surface area contributed by atoms with E-state index in [0.717, 1.165) is 12.1 Å². The van der Waals surface area contributed by atoms with E-state index in [0.29, 0.717) is 11.3 Å². The Morgan fingerprint density at radius 1 is 0.929 bits per heavy atom. The Morgan fingerprint density at radius 2 is 1.61 bits per heavy atom. The molecule has 0 atom stereocenters. The molecule has 2 aromatic rings. The van der Waals surface area contributed by atoms with Crippen LogP contribution in [0, 0.1) is 11.6 Å². The zero-order chi connectivity index (χ0) is 20.5. The Kier molecular flexibility index (Phi) is 7.91. The second kappa shape index (κ2) is 10.4. The molecule has 0 aliphatic carbocycles. The third kappa shape index (κ3) is 5.51. The van der Waals surface area contributed by atoms with Crippen molar-refractivity contribution in [3.05, 3.63) is 59.2 Å². The number of halogens is 2. The summed E-state index contributed by atoms with van der Waals surface area (Å²) in [6.45, 7) is -0.111. The van der Waals surface area contributed by atoms with Gasteiger partial charge in [0, 0.05) is 26.4 Å². The van der Waals surface area contributed by atoms with Crippen LogP contribution in [0.15, 0.2) is 36.4 Å². The number of methoxy groups -OCH3 is 3. The molecule has 0 aliphatic rings. The third-order valence-electron chi connectivity index (χ3n) is 3.55. The van der Waals surface area contributed by atoms with Crippen molar-refractivity contribution in [2.45, 2.75) is 0 Å². The van der Waals surface area contributed by atoms with E-state index >= 15 is 0 Å². The van der Waals surface area contributed by atoms with Gasteiger partial charge in [0.25, 0.3) is 0 Å². The smallest absolute Gasteiger partial charge is 0.193 e. The summed E-state index contributed by atoms with van der Waals surface area (Å²) in [7, 11) is 4.30. The van der Waals surface area contributed by atoms with Crippen molar-refractivity contribution in [3.8, 4) is 17.2 Å². The van der Waals surface area contributed by atoms with Gasteiger partial charge in [0.1, 0.15) is 22.8 Å². The topological polar surface area (TPSA) is 63.2 Å². The predicted molar refractivity (Wildman–Crippen MR) is 97.7 cm³/mol. The van der Waals surface area contributed by atoms with Gasteiger partial charge in [-0.3, -0.25) is 4.79 Å². The van der Waals surface area contributed by atoms with Crippen LogP contribution in [0.3, 0.4) is 0 Å². The summed E-state index contributed by atoms with van der Waals surface area (Å²) in [6.07, 6.45) is 2.57. The zero-order valence-corrected chi connectivity index (χ0v) is 15.7. The summed E-state index contributed by atoms with van der Waals surface area (Å²) in [6, 6.07) is 6.33. The van der Waals surface area contributed by atoms with Crippen molar-refractivity contribution in [2.75, 3.05) is 34.9 Å². The van der Waals surface area contributed by atoms with Crippen LogP contribution in [0.1, 0.15) is 15.9 Å². The normalized spacial score (nSPS) is 10.9. The molecule has 0 heterocycles. The van der Waals surface area contributed by atoms with E-state index in [2.05, 4.69) is 0 Å². The van der Waals surface area contributed by atoms with Crippen molar-refractivity contribution in [2.24, 2.45) is 0 Å². The van der Waals surface area contributed by atoms with Gasteiger partial charge in [-0.05, 0) is 23.8 Å². The molecule has 2 rings (SSSR count). The van der Waals surface area contributed by atoms with Crippen molar-refractivity contribution in [1.29, 1.82) is 0 Å². The van der Waals surface area contributed by atoms with Crippen LogP contribution in [0.2, 0.25) is 0 Å². The van der Waals surface area contributed by atoms with E-state index in [1.54, 1.807) is 0 Å². The summed E-state index contributed by atoms with van der Waals surface area (Å²) in [5.74, 6) is -1.69. The fourth-order valence-electron chi connectivity index (χ4n) is 2.29. The molecule has 0 unspecified atom stereocenters. The summed E-state index contributed by atoms with van der Waals surface area (Å²) in [5, 5.41) is 0. The lowest BCUT2D eigenvalue weighted by Gasteiger charge is -2.15. The molecule has 0 saturated carbocycles. The van der Waals surface area contributed by atoms with E-state index in [4.69, 9.17) is 23.7 Å². The first kappa shape index (κ1) is 21.3. The van der Waals surface area contributed by atoms with Crippen molar-refractivity contribution >= 4 is 11.9 Å². The predicted octanol–water partition coefficient (Wildman–Crippen LogP) is 3.83.